The van der Waals surface area contributed by atoms with E-state index in [4.69, 9.17) is 0 Å². The van der Waals surface area contributed by atoms with Crippen molar-refractivity contribution in [2.45, 2.75) is 72.5 Å². The molecular formula is C57H49F18N15O2S3. The van der Waals surface area contributed by atoms with E-state index in [0.29, 0.717) is 66.5 Å². The van der Waals surface area contributed by atoms with Gasteiger partial charge in [-0.25, -0.2) is 34.9 Å². The molecule has 10 rings (SSSR count). The highest BCUT2D eigenvalue weighted by Gasteiger charge is 2.41. The Bertz CT molecular complexity index is 4360. The van der Waals surface area contributed by atoms with Crippen molar-refractivity contribution < 1.29 is 88.6 Å². The number of carbonyl (C=O) groups excluding carboxylic acids is 2. The van der Waals surface area contributed by atoms with Gasteiger partial charge in [-0.15, -0.1) is 35.3 Å². The molecule has 7 aromatic heterocycles. The van der Waals surface area contributed by atoms with Crippen molar-refractivity contribution in [1.82, 2.24) is 53.2 Å². The summed E-state index contributed by atoms with van der Waals surface area (Å²) in [6, 6.07) is 10.5. The Morgan fingerprint density at radius 3 is 1.06 bits per heavy atom. The molecule has 0 spiro atoms. The molecule has 508 valence electrons. The number of anilines is 4. The molecule has 0 aliphatic heterocycles. The van der Waals surface area contributed by atoms with Gasteiger partial charge in [-0.2, -0.15) is 79.0 Å². The van der Waals surface area contributed by atoms with Crippen LogP contribution >= 0.6 is 35.3 Å². The summed E-state index contributed by atoms with van der Waals surface area (Å²) in [4.78, 5) is 52.7. The van der Waals surface area contributed by atoms with E-state index in [2.05, 4.69) is 56.2 Å². The molecular weight excluding hydrogens is 1360 g/mol. The average Bonchev–Trinajstić information content (AvgIpc) is 1.63. The van der Waals surface area contributed by atoms with Gasteiger partial charge in [-0.3, -0.25) is 9.59 Å². The van der Waals surface area contributed by atoms with Crippen LogP contribution in [0.1, 0.15) is 76.0 Å². The minimum atomic E-state index is -4.73. The Hall–Kier alpha value is -8.68. The summed E-state index contributed by atoms with van der Waals surface area (Å²) in [5.41, 5.74) is -2.01. The van der Waals surface area contributed by atoms with Gasteiger partial charge in [0.05, 0.1) is 96.6 Å². The number of pyridine rings is 3. The Labute approximate surface area is 537 Å². The number of rotatable bonds is 13. The number of amides is 2. The van der Waals surface area contributed by atoms with E-state index in [0.717, 1.165) is 38.4 Å². The van der Waals surface area contributed by atoms with E-state index < -0.39 is 83.4 Å². The maximum absolute atomic E-state index is 13.3. The number of hydrogen-bond acceptors (Lipinski definition) is 14. The van der Waals surface area contributed by atoms with Crippen LogP contribution < -0.4 is 21.3 Å². The van der Waals surface area contributed by atoms with Gasteiger partial charge in [0, 0.05) is 62.5 Å². The van der Waals surface area contributed by atoms with Crippen molar-refractivity contribution in [2.24, 2.45) is 28.2 Å². The average molecular weight is 1410 g/mol. The molecule has 0 saturated heterocycles. The largest absolute Gasteiger partial charge is 0.449 e. The predicted molar refractivity (Wildman–Crippen MR) is 322 cm³/mol. The Morgan fingerprint density at radius 2 is 0.716 bits per heavy atom. The molecule has 0 unspecified atom stereocenters. The number of imidazole rings is 4. The summed E-state index contributed by atoms with van der Waals surface area (Å²) in [7, 11) is 8.22. The van der Waals surface area contributed by atoms with Crippen LogP contribution in [-0.4, -0.2) is 96.3 Å². The van der Waals surface area contributed by atoms with Gasteiger partial charge >= 0.3 is 37.1 Å². The van der Waals surface area contributed by atoms with Crippen LogP contribution in [0.2, 0.25) is 0 Å². The number of carbonyl (C=O) groups is 2. The lowest BCUT2D eigenvalue weighted by Gasteiger charge is -2.15. The molecule has 7 heterocycles. The van der Waals surface area contributed by atoms with Gasteiger partial charge in [0.15, 0.2) is 0 Å². The fourth-order valence-corrected chi connectivity index (χ4v) is 11.9. The van der Waals surface area contributed by atoms with Crippen LogP contribution in [0.4, 0.5) is 102 Å². The number of alkyl halides is 18. The van der Waals surface area contributed by atoms with Gasteiger partial charge in [-0.1, -0.05) is 20.8 Å². The summed E-state index contributed by atoms with van der Waals surface area (Å²) in [6.45, 7) is 5.47. The highest BCUT2D eigenvalue weighted by molar-refractivity contribution is 7.99. The third kappa shape index (κ3) is 15.5. The molecule has 3 aromatic carbocycles. The molecule has 17 nitrogen and oxygen atoms in total. The van der Waals surface area contributed by atoms with E-state index in [1.165, 1.54) is 101 Å². The monoisotopic (exact) mass is 1410 g/mol. The first kappa shape index (κ1) is 72.2. The van der Waals surface area contributed by atoms with Crippen molar-refractivity contribution in [3.05, 3.63) is 119 Å². The molecule has 2 amide bonds. The van der Waals surface area contributed by atoms with Crippen LogP contribution in [0.25, 0.3) is 55.5 Å². The highest BCUT2D eigenvalue weighted by Crippen LogP contribution is 2.42. The molecule has 38 heteroatoms. The van der Waals surface area contributed by atoms with Crippen LogP contribution in [0, 0.1) is 0 Å². The second-order valence-electron chi connectivity index (χ2n) is 20.0. The highest BCUT2D eigenvalue weighted by atomic mass is 32.2. The van der Waals surface area contributed by atoms with E-state index in [9.17, 15) is 88.6 Å². The Morgan fingerprint density at radius 1 is 0.389 bits per heavy atom. The van der Waals surface area contributed by atoms with E-state index >= 15 is 0 Å². The van der Waals surface area contributed by atoms with Gasteiger partial charge < -0.3 is 39.5 Å². The van der Waals surface area contributed by atoms with E-state index in [1.807, 2.05) is 6.92 Å². The lowest BCUT2D eigenvalue weighted by Crippen LogP contribution is -2.16. The first-order valence-corrected chi connectivity index (χ1v) is 30.2. The van der Waals surface area contributed by atoms with Gasteiger partial charge in [-0.05, 0) is 71.9 Å². The molecule has 95 heavy (non-hydrogen) atoms. The third-order valence-electron chi connectivity index (χ3n) is 13.8. The van der Waals surface area contributed by atoms with Crippen molar-refractivity contribution in [1.29, 1.82) is 0 Å². The smallest absolute Gasteiger partial charge is 0.385 e. The van der Waals surface area contributed by atoms with E-state index in [-0.39, 0.29) is 67.0 Å². The fourth-order valence-electron chi connectivity index (χ4n) is 9.46. The number of thioether (sulfide) groups is 3. The molecule has 0 aliphatic rings. The summed E-state index contributed by atoms with van der Waals surface area (Å²) >= 11 is 3.81. The SMILES string of the molecule is CCSc1cc2c(cc1-c1nc3cc(C(F)(F)F)ncc3n1C)nc(C(F)(F)F)n2C.CCSc1cc2c(cc1C(=O)Nc1cc(C(F)(F)F)ncc1NC)nc(C(F)(F)F)n2C.CCSc1cc2c(cc1C(=O)Nc1cc(C(F)(F)F)ncc1NC)nc(C(F)(F)F)n2C. The molecule has 0 radical (unpaired) electrons. The predicted octanol–water partition coefficient (Wildman–Crippen LogP) is 16.5. The lowest BCUT2D eigenvalue weighted by atomic mass is 10.1. The van der Waals surface area contributed by atoms with Crippen molar-refractivity contribution in [3.8, 4) is 11.4 Å². The zero-order chi connectivity index (χ0) is 70.4. The zero-order valence-corrected chi connectivity index (χ0v) is 52.8. The molecule has 0 bridgehead atoms. The molecule has 0 atom stereocenters. The second kappa shape index (κ2) is 27.2. The minimum absolute atomic E-state index is 0.0106. The summed E-state index contributed by atoms with van der Waals surface area (Å²) in [5.74, 6) is -2.92. The number of hydrogen-bond donors (Lipinski definition) is 4. The maximum Gasteiger partial charge on any atom is 0.449 e. The van der Waals surface area contributed by atoms with Crippen molar-refractivity contribution in [2.75, 3.05) is 52.6 Å². The van der Waals surface area contributed by atoms with Crippen LogP contribution in [0.3, 0.4) is 0 Å². The van der Waals surface area contributed by atoms with Gasteiger partial charge in [0.1, 0.15) is 22.9 Å². The molecule has 0 fully saturated rings. The van der Waals surface area contributed by atoms with Crippen LogP contribution in [0.15, 0.2) is 87.9 Å². The number of nitrogens with one attached hydrogen (secondary N) is 4. The number of aromatic nitrogens is 11. The normalized spacial score (nSPS) is 12.5. The number of benzene rings is 3. The molecule has 4 N–H and O–H groups in total. The van der Waals surface area contributed by atoms with Crippen molar-refractivity contribution >= 4 is 114 Å². The molecule has 0 aliphatic carbocycles. The van der Waals surface area contributed by atoms with Gasteiger partial charge in [0.2, 0.25) is 17.5 Å². The quantitative estimate of drug-likeness (QED) is 0.0629. The van der Waals surface area contributed by atoms with Crippen LogP contribution in [-0.2, 0) is 65.2 Å². The summed E-state index contributed by atoms with van der Waals surface area (Å²) in [5, 5.41) is 10.1. The second-order valence-corrected chi connectivity index (χ2v) is 23.9. The van der Waals surface area contributed by atoms with Crippen molar-refractivity contribution in [3.63, 3.8) is 0 Å². The zero-order valence-electron chi connectivity index (χ0n) is 50.3. The van der Waals surface area contributed by atoms with Crippen LogP contribution in [0.5, 0.6) is 0 Å². The summed E-state index contributed by atoms with van der Waals surface area (Å²) < 4.78 is 241. The Kier molecular flexibility index (Phi) is 20.7. The number of nitrogens with zero attached hydrogens (tertiary/aromatic N) is 11. The third-order valence-corrected chi connectivity index (χ3v) is 16.6. The Balaban J connectivity index is 0.000000183. The van der Waals surface area contributed by atoms with E-state index in [1.54, 1.807) is 31.5 Å². The minimum Gasteiger partial charge on any atom is -0.385 e. The summed E-state index contributed by atoms with van der Waals surface area (Å²) in [6.07, 6.45) is -25.1. The molecule has 10 aromatic rings. The standard InChI is InChI=1S/2C19H17F6N5OS.C19H15F6N5S/c2*1-4-32-14-7-13-11(29-17(30(13)3)19(23,24)25)5-9(14)16(31)28-10-6-15(18(20,21)22)27-8-12(10)26-2;1-4-31-14-7-12-10(28-17(30(12)3)19(23,24)25)5-9(14)16-27-11-6-15(18(20,21)22)26-8-13(11)29(16)2/h2*5-8,26H,4H2,1-3H3,(H,27,28,31);5-8H,4H2,1-3H3. The molecule has 0 saturated carbocycles. The first-order valence-electron chi connectivity index (χ1n) is 27.3. The van der Waals surface area contributed by atoms with Gasteiger partial charge in [0.25, 0.3) is 11.8 Å². The number of fused-ring (bicyclic) bond motifs is 4. The fraction of sp³-hybridized carbons (Fsp3) is 0.316. The lowest BCUT2D eigenvalue weighted by molar-refractivity contribution is -0.147. The number of halogens is 18. The topological polar surface area (TPSA) is 192 Å². The first-order chi connectivity index (χ1) is 44.1. The maximum atomic E-state index is 13.3. The number of aryl methyl sites for hydroxylation is 4.